The van der Waals surface area contributed by atoms with Gasteiger partial charge in [-0.15, -0.1) is 0 Å². The van der Waals surface area contributed by atoms with Crippen molar-refractivity contribution in [2.75, 3.05) is 7.11 Å². The average molecular weight is 310 g/mol. The third-order valence-electron chi connectivity index (χ3n) is 4.01. The van der Waals surface area contributed by atoms with Gasteiger partial charge in [0.15, 0.2) is 0 Å². The lowest BCUT2D eigenvalue weighted by molar-refractivity contribution is -0.179. The molecule has 2 aliphatic carbocycles. The molecule has 1 unspecified atom stereocenters. The lowest BCUT2D eigenvalue weighted by Gasteiger charge is -2.38. The second-order valence-electron chi connectivity index (χ2n) is 4.74. The predicted octanol–water partition coefficient (Wildman–Crippen LogP) is 3.50. The number of fused-ring (bicyclic) bond motifs is 3. The van der Waals surface area contributed by atoms with Gasteiger partial charge in [-0.1, -0.05) is 41.2 Å². The summed E-state index contributed by atoms with van der Waals surface area (Å²) in [5.41, 5.74) is 0.647. The molecule has 0 aromatic carbocycles. The number of carbonyl (C=O) groups is 1. The monoisotopic (exact) mass is 308 g/mol. The SMILES string of the molecule is COC12OC(=O)C(Cl)=C1[C@H]1CCC[C@H]1C(Cl)=C2Cl. The standard InChI is InChI=1S/C12H11Cl3O3/c1-17-12-7(9(14)11(16)18-12)5-3-2-4-6(5)8(13)10(12)15/h5-6H,2-4H2,1H3/t5-,6+,12?/m0/s1. The number of allylic oxidation sites excluding steroid dienone is 1. The maximum atomic E-state index is 11.7. The zero-order chi connectivity index (χ0) is 13.1. The van der Waals surface area contributed by atoms with Crippen LogP contribution in [0.3, 0.4) is 0 Å². The summed E-state index contributed by atoms with van der Waals surface area (Å²) in [6.07, 6.45) is 2.89. The van der Waals surface area contributed by atoms with Crippen LogP contribution < -0.4 is 0 Å². The molecule has 1 aliphatic heterocycles. The number of carbonyl (C=O) groups excluding carboxylic acids is 1. The first-order valence-corrected chi connectivity index (χ1v) is 6.90. The Balaban J connectivity index is 2.26. The molecule has 0 aromatic heterocycles. The highest BCUT2D eigenvalue weighted by Crippen LogP contribution is 2.59. The number of ether oxygens (including phenoxy) is 2. The zero-order valence-electron chi connectivity index (χ0n) is 9.63. The summed E-state index contributed by atoms with van der Waals surface area (Å²) >= 11 is 18.7. The molecule has 98 valence electrons. The van der Waals surface area contributed by atoms with E-state index in [1.807, 2.05) is 0 Å². The second kappa shape index (κ2) is 4.14. The van der Waals surface area contributed by atoms with Crippen LogP contribution in [0.2, 0.25) is 0 Å². The number of esters is 1. The first-order chi connectivity index (χ1) is 8.53. The molecule has 3 aliphatic rings. The smallest absolute Gasteiger partial charge is 0.353 e. The van der Waals surface area contributed by atoms with Crippen molar-refractivity contribution in [1.29, 1.82) is 0 Å². The van der Waals surface area contributed by atoms with Crippen molar-refractivity contribution in [1.82, 2.24) is 0 Å². The molecular formula is C12H11Cl3O3. The van der Waals surface area contributed by atoms with E-state index in [2.05, 4.69) is 0 Å². The summed E-state index contributed by atoms with van der Waals surface area (Å²) in [4.78, 5) is 11.7. The van der Waals surface area contributed by atoms with Gasteiger partial charge in [0.1, 0.15) is 10.1 Å². The Morgan fingerprint density at radius 2 is 1.94 bits per heavy atom. The fraction of sp³-hybridized carbons (Fsp3) is 0.583. The van der Waals surface area contributed by atoms with Crippen LogP contribution in [0.1, 0.15) is 19.3 Å². The molecule has 1 fully saturated rings. The second-order valence-corrected chi connectivity index (χ2v) is 5.91. The Kier molecular flexibility index (Phi) is 2.94. The van der Waals surface area contributed by atoms with Gasteiger partial charge < -0.3 is 9.47 Å². The molecule has 0 aromatic rings. The molecular weight excluding hydrogens is 298 g/mol. The largest absolute Gasteiger partial charge is 0.419 e. The number of hydrogen-bond acceptors (Lipinski definition) is 3. The first kappa shape index (κ1) is 12.8. The van der Waals surface area contributed by atoms with Gasteiger partial charge in [-0.2, -0.15) is 0 Å². The van der Waals surface area contributed by atoms with Crippen LogP contribution in [0.4, 0.5) is 0 Å². The van der Waals surface area contributed by atoms with Crippen molar-refractivity contribution in [2.45, 2.75) is 25.0 Å². The van der Waals surface area contributed by atoms with Crippen LogP contribution in [-0.4, -0.2) is 18.9 Å². The quantitative estimate of drug-likeness (QED) is 0.696. The molecule has 3 nitrogen and oxygen atoms in total. The molecule has 3 atom stereocenters. The van der Waals surface area contributed by atoms with Gasteiger partial charge in [0.05, 0.1) is 0 Å². The lowest BCUT2D eigenvalue weighted by Crippen LogP contribution is -2.42. The normalized spacial score (nSPS) is 39.0. The molecule has 1 saturated carbocycles. The molecule has 6 heteroatoms. The summed E-state index contributed by atoms with van der Waals surface area (Å²) < 4.78 is 10.6. The van der Waals surface area contributed by atoms with Gasteiger partial charge in [-0.05, 0) is 18.8 Å². The average Bonchev–Trinajstić information content (AvgIpc) is 2.91. The highest BCUT2D eigenvalue weighted by Gasteiger charge is 2.59. The molecule has 0 saturated heterocycles. The Morgan fingerprint density at radius 3 is 2.61 bits per heavy atom. The van der Waals surface area contributed by atoms with Crippen molar-refractivity contribution >= 4 is 40.8 Å². The van der Waals surface area contributed by atoms with Crippen LogP contribution in [-0.2, 0) is 14.3 Å². The fourth-order valence-corrected chi connectivity index (χ4v) is 4.27. The van der Waals surface area contributed by atoms with Crippen molar-refractivity contribution in [3.8, 4) is 0 Å². The number of halogens is 3. The van der Waals surface area contributed by atoms with Crippen LogP contribution in [0.25, 0.3) is 0 Å². The van der Waals surface area contributed by atoms with Crippen LogP contribution in [0.15, 0.2) is 20.7 Å². The van der Waals surface area contributed by atoms with E-state index in [4.69, 9.17) is 44.3 Å². The molecule has 3 rings (SSSR count). The molecule has 1 heterocycles. The molecule has 0 spiro atoms. The van der Waals surface area contributed by atoms with Gasteiger partial charge in [0, 0.05) is 23.6 Å². The maximum Gasteiger partial charge on any atom is 0.353 e. The van der Waals surface area contributed by atoms with Crippen LogP contribution in [0, 0.1) is 11.8 Å². The van der Waals surface area contributed by atoms with Gasteiger partial charge in [-0.25, -0.2) is 4.79 Å². The van der Waals surface area contributed by atoms with Crippen LogP contribution >= 0.6 is 34.8 Å². The highest BCUT2D eigenvalue weighted by molar-refractivity contribution is 6.44. The summed E-state index contributed by atoms with van der Waals surface area (Å²) in [6.45, 7) is 0. The van der Waals surface area contributed by atoms with E-state index in [-0.39, 0.29) is 21.9 Å². The minimum absolute atomic E-state index is 0.0823. The van der Waals surface area contributed by atoms with E-state index in [1.54, 1.807) is 0 Å². The van der Waals surface area contributed by atoms with E-state index < -0.39 is 11.8 Å². The van der Waals surface area contributed by atoms with E-state index in [0.29, 0.717) is 10.6 Å². The van der Waals surface area contributed by atoms with Crippen molar-refractivity contribution in [3.05, 3.63) is 20.7 Å². The van der Waals surface area contributed by atoms with Crippen molar-refractivity contribution < 1.29 is 14.3 Å². The Morgan fingerprint density at radius 1 is 1.28 bits per heavy atom. The minimum Gasteiger partial charge on any atom is -0.419 e. The molecule has 0 N–H and O–H groups in total. The van der Waals surface area contributed by atoms with Gasteiger partial charge >= 0.3 is 5.97 Å². The summed E-state index contributed by atoms with van der Waals surface area (Å²) in [5.74, 6) is -1.78. The maximum absolute atomic E-state index is 11.7. The predicted molar refractivity (Wildman–Crippen MR) is 68.3 cm³/mol. The minimum atomic E-state index is -1.39. The first-order valence-electron chi connectivity index (χ1n) is 5.77. The lowest BCUT2D eigenvalue weighted by atomic mass is 9.79. The summed E-state index contributed by atoms with van der Waals surface area (Å²) in [7, 11) is 1.44. The summed E-state index contributed by atoms with van der Waals surface area (Å²) in [5, 5.41) is 0.855. The van der Waals surface area contributed by atoms with E-state index in [9.17, 15) is 4.79 Å². The third kappa shape index (κ3) is 1.39. The summed E-state index contributed by atoms with van der Waals surface area (Å²) in [6, 6.07) is 0. The number of hydrogen-bond donors (Lipinski definition) is 0. The van der Waals surface area contributed by atoms with Crippen molar-refractivity contribution in [3.63, 3.8) is 0 Å². The topological polar surface area (TPSA) is 35.5 Å². The molecule has 18 heavy (non-hydrogen) atoms. The number of methoxy groups -OCH3 is 1. The van der Waals surface area contributed by atoms with Gasteiger partial charge in [0.2, 0.25) is 0 Å². The Bertz CT molecular complexity index is 497. The molecule has 0 amide bonds. The van der Waals surface area contributed by atoms with Gasteiger partial charge in [-0.3, -0.25) is 0 Å². The Hall–Kier alpha value is -0.220. The molecule has 0 radical (unpaired) electrons. The highest BCUT2D eigenvalue weighted by atomic mass is 35.5. The van der Waals surface area contributed by atoms with E-state index >= 15 is 0 Å². The number of rotatable bonds is 1. The fourth-order valence-electron chi connectivity index (χ4n) is 3.22. The van der Waals surface area contributed by atoms with Crippen LogP contribution in [0.5, 0.6) is 0 Å². The van der Waals surface area contributed by atoms with E-state index in [1.165, 1.54) is 7.11 Å². The zero-order valence-corrected chi connectivity index (χ0v) is 11.9. The molecule has 0 bridgehead atoms. The Labute approximate surface area is 120 Å². The van der Waals surface area contributed by atoms with Gasteiger partial charge in [0.25, 0.3) is 5.79 Å². The van der Waals surface area contributed by atoms with E-state index in [0.717, 1.165) is 19.3 Å². The van der Waals surface area contributed by atoms with Crippen molar-refractivity contribution in [2.24, 2.45) is 11.8 Å². The third-order valence-corrected chi connectivity index (χ3v) is 5.38.